The van der Waals surface area contributed by atoms with E-state index in [1.54, 1.807) is 6.08 Å². The van der Waals surface area contributed by atoms with E-state index < -0.39 is 18.0 Å². The van der Waals surface area contributed by atoms with Gasteiger partial charge in [-0.3, -0.25) is 0 Å². The van der Waals surface area contributed by atoms with Crippen LogP contribution >= 0.6 is 0 Å². The molecule has 0 aliphatic carbocycles. The van der Waals surface area contributed by atoms with Crippen molar-refractivity contribution in [1.82, 2.24) is 5.32 Å². The highest BCUT2D eigenvalue weighted by Gasteiger charge is 2.06. The maximum absolute atomic E-state index is 9.77. The summed E-state index contributed by atoms with van der Waals surface area (Å²) in [6.45, 7) is 9.81. The quantitative estimate of drug-likeness (QED) is 0.221. The van der Waals surface area contributed by atoms with E-state index in [1.165, 1.54) is 5.56 Å². The highest BCUT2D eigenvalue weighted by Crippen LogP contribution is 2.13. The first-order chi connectivity index (χ1) is 13.7. The van der Waals surface area contributed by atoms with Crippen molar-refractivity contribution < 1.29 is 34.4 Å². The zero-order chi connectivity index (χ0) is 22.1. The number of ether oxygens (including phenoxy) is 2. The highest BCUT2D eigenvalue weighted by molar-refractivity contribution is 5.89. The average molecular weight is 409 g/mol. The molecule has 1 aromatic rings. The number of aliphatic hydroxyl groups is 1. The number of hydrogen-bond donors (Lipinski definition) is 4. The Morgan fingerprint density at radius 1 is 1.14 bits per heavy atom. The third kappa shape index (κ3) is 17.2. The summed E-state index contributed by atoms with van der Waals surface area (Å²) in [5.41, 5.74) is 1.20. The van der Waals surface area contributed by atoms with Crippen LogP contribution in [-0.2, 0) is 20.7 Å². The molecule has 0 spiro atoms. The second-order valence-corrected chi connectivity index (χ2v) is 6.30. The Balaban J connectivity index is 0.000000828. The number of carboxylic acids is 2. The SMILES string of the molecule is C=CCOCCc1ccc(OCC(O)CNC(C)C)cc1.O=C(O)/C=C\C(=O)O. The minimum absolute atomic E-state index is 0.293. The molecule has 1 unspecified atom stereocenters. The molecule has 0 fully saturated rings. The number of carboxylic acid groups (broad SMARTS) is 2. The van der Waals surface area contributed by atoms with Gasteiger partial charge >= 0.3 is 11.9 Å². The molecule has 4 N–H and O–H groups in total. The van der Waals surface area contributed by atoms with E-state index in [0.717, 1.165) is 12.2 Å². The number of nitrogens with one attached hydrogen (secondary N) is 1. The predicted molar refractivity (Wildman–Crippen MR) is 110 cm³/mol. The third-order valence-corrected chi connectivity index (χ3v) is 3.27. The molecule has 0 aromatic heterocycles. The normalized spacial score (nSPS) is 11.6. The Hall–Kier alpha value is -2.68. The summed E-state index contributed by atoms with van der Waals surface area (Å²) in [7, 11) is 0. The van der Waals surface area contributed by atoms with Crippen LogP contribution < -0.4 is 10.1 Å². The maximum Gasteiger partial charge on any atom is 0.328 e. The van der Waals surface area contributed by atoms with Crippen molar-refractivity contribution >= 4 is 11.9 Å². The topological polar surface area (TPSA) is 125 Å². The lowest BCUT2D eigenvalue weighted by molar-refractivity contribution is -0.134. The summed E-state index contributed by atoms with van der Waals surface area (Å²) in [5, 5.41) is 28.6. The van der Waals surface area contributed by atoms with E-state index in [-0.39, 0.29) is 0 Å². The fraction of sp³-hybridized carbons (Fsp3) is 0.429. The molecule has 0 saturated heterocycles. The van der Waals surface area contributed by atoms with Gasteiger partial charge < -0.3 is 30.1 Å². The molecule has 1 aromatic carbocycles. The van der Waals surface area contributed by atoms with Gasteiger partial charge in [-0.05, 0) is 24.1 Å². The Morgan fingerprint density at radius 3 is 2.21 bits per heavy atom. The van der Waals surface area contributed by atoms with Crippen LogP contribution in [0.1, 0.15) is 19.4 Å². The summed E-state index contributed by atoms with van der Waals surface area (Å²) >= 11 is 0. The number of carbonyl (C=O) groups is 2. The van der Waals surface area contributed by atoms with Crippen LogP contribution in [0.25, 0.3) is 0 Å². The van der Waals surface area contributed by atoms with E-state index in [4.69, 9.17) is 19.7 Å². The molecule has 0 heterocycles. The van der Waals surface area contributed by atoms with Crippen LogP contribution in [-0.4, -0.2) is 65.8 Å². The Labute approximate surface area is 171 Å². The van der Waals surface area contributed by atoms with Gasteiger partial charge in [-0.25, -0.2) is 9.59 Å². The standard InChI is InChI=1S/C17H27NO3.C4H4O4/c1-4-10-20-11-9-15-5-7-17(8-6-15)21-13-16(19)12-18-14(2)3;5-3(6)1-2-4(7)8/h4-8,14,16,18-19H,1,9-13H2,2-3H3;1-2H,(H,5,6)(H,7,8)/b;2-1-. The monoisotopic (exact) mass is 409 g/mol. The first-order valence-corrected chi connectivity index (χ1v) is 9.20. The van der Waals surface area contributed by atoms with Crippen molar-refractivity contribution in [3.8, 4) is 5.75 Å². The molecule has 0 radical (unpaired) electrons. The molecule has 1 atom stereocenters. The zero-order valence-corrected chi connectivity index (χ0v) is 16.9. The summed E-state index contributed by atoms with van der Waals surface area (Å²) in [5.74, 6) is -1.74. The van der Waals surface area contributed by atoms with Crippen molar-refractivity contribution in [2.24, 2.45) is 0 Å². The van der Waals surface area contributed by atoms with Gasteiger partial charge in [-0.2, -0.15) is 0 Å². The van der Waals surface area contributed by atoms with E-state index >= 15 is 0 Å². The molecule has 0 saturated carbocycles. The number of rotatable bonds is 13. The number of aliphatic hydroxyl groups excluding tert-OH is 1. The van der Waals surface area contributed by atoms with Gasteiger partial charge in [-0.1, -0.05) is 32.1 Å². The molecule has 8 nitrogen and oxygen atoms in total. The van der Waals surface area contributed by atoms with Crippen molar-refractivity contribution in [3.63, 3.8) is 0 Å². The molecule has 1 rings (SSSR count). The molecule has 8 heteroatoms. The van der Waals surface area contributed by atoms with Crippen LogP contribution in [0.3, 0.4) is 0 Å². The van der Waals surface area contributed by atoms with E-state index in [0.29, 0.717) is 44.6 Å². The molecular weight excluding hydrogens is 378 g/mol. The average Bonchev–Trinajstić information content (AvgIpc) is 2.68. The summed E-state index contributed by atoms with van der Waals surface area (Å²) in [4.78, 5) is 19.1. The number of hydrogen-bond acceptors (Lipinski definition) is 6. The van der Waals surface area contributed by atoms with Crippen LogP contribution in [0.2, 0.25) is 0 Å². The maximum atomic E-state index is 9.77. The van der Waals surface area contributed by atoms with Gasteiger partial charge in [0.2, 0.25) is 0 Å². The fourth-order valence-corrected chi connectivity index (χ4v) is 1.87. The molecule has 29 heavy (non-hydrogen) atoms. The summed E-state index contributed by atoms with van der Waals surface area (Å²) in [6.07, 6.45) is 3.23. The van der Waals surface area contributed by atoms with Crippen LogP contribution in [0.5, 0.6) is 5.75 Å². The summed E-state index contributed by atoms with van der Waals surface area (Å²) < 4.78 is 10.9. The van der Waals surface area contributed by atoms with Gasteiger partial charge in [0.25, 0.3) is 0 Å². The summed E-state index contributed by atoms with van der Waals surface area (Å²) in [6, 6.07) is 8.25. The first kappa shape index (κ1) is 26.3. The minimum atomic E-state index is -1.26. The lowest BCUT2D eigenvalue weighted by Gasteiger charge is -2.15. The van der Waals surface area contributed by atoms with E-state index in [1.807, 2.05) is 38.1 Å². The first-order valence-electron chi connectivity index (χ1n) is 9.20. The smallest absolute Gasteiger partial charge is 0.328 e. The van der Waals surface area contributed by atoms with Gasteiger partial charge in [0, 0.05) is 24.7 Å². The Bertz CT molecular complexity index is 610. The molecular formula is C21H31NO7. The van der Waals surface area contributed by atoms with Gasteiger partial charge in [-0.15, -0.1) is 6.58 Å². The van der Waals surface area contributed by atoms with Crippen LogP contribution in [0, 0.1) is 0 Å². The van der Waals surface area contributed by atoms with E-state index in [9.17, 15) is 14.7 Å². The molecule has 0 aliphatic heterocycles. The number of benzene rings is 1. The largest absolute Gasteiger partial charge is 0.491 e. The zero-order valence-electron chi connectivity index (χ0n) is 16.9. The Morgan fingerprint density at radius 2 is 1.72 bits per heavy atom. The van der Waals surface area contributed by atoms with Crippen molar-refractivity contribution in [2.75, 3.05) is 26.4 Å². The third-order valence-electron chi connectivity index (χ3n) is 3.27. The Kier molecular flexibility index (Phi) is 14.8. The van der Waals surface area contributed by atoms with Crippen LogP contribution in [0.4, 0.5) is 0 Å². The lowest BCUT2D eigenvalue weighted by Crippen LogP contribution is -2.35. The van der Waals surface area contributed by atoms with Gasteiger partial charge in [0.05, 0.1) is 13.2 Å². The molecule has 162 valence electrons. The van der Waals surface area contributed by atoms with Crippen molar-refractivity contribution in [1.29, 1.82) is 0 Å². The predicted octanol–water partition coefficient (Wildman–Crippen LogP) is 1.88. The van der Waals surface area contributed by atoms with Gasteiger partial charge in [0.1, 0.15) is 18.5 Å². The second kappa shape index (κ2) is 16.3. The van der Waals surface area contributed by atoms with E-state index in [2.05, 4.69) is 11.9 Å². The van der Waals surface area contributed by atoms with Crippen LogP contribution in [0.15, 0.2) is 49.1 Å². The fourth-order valence-electron chi connectivity index (χ4n) is 1.87. The van der Waals surface area contributed by atoms with Crippen molar-refractivity contribution in [2.45, 2.75) is 32.4 Å². The van der Waals surface area contributed by atoms with Crippen molar-refractivity contribution in [3.05, 3.63) is 54.6 Å². The number of aliphatic carboxylic acids is 2. The molecule has 0 amide bonds. The lowest BCUT2D eigenvalue weighted by atomic mass is 10.1. The molecule has 0 aliphatic rings. The van der Waals surface area contributed by atoms with Gasteiger partial charge in [0.15, 0.2) is 0 Å². The highest BCUT2D eigenvalue weighted by atomic mass is 16.5. The minimum Gasteiger partial charge on any atom is -0.491 e. The molecule has 0 bridgehead atoms. The second-order valence-electron chi connectivity index (χ2n) is 6.30.